The van der Waals surface area contributed by atoms with Crippen LogP contribution in [-0.2, 0) is 23.9 Å². The third-order valence-electron chi connectivity index (χ3n) is 2.38. The van der Waals surface area contributed by atoms with Gasteiger partial charge in [-0.1, -0.05) is 0 Å². The molecule has 5 nitrogen and oxygen atoms in total. The molecular formula is C9H12O5. The van der Waals surface area contributed by atoms with E-state index in [1.165, 1.54) is 14.2 Å². The summed E-state index contributed by atoms with van der Waals surface area (Å²) in [5.41, 5.74) is 0. The number of methoxy groups -OCH3 is 2. The van der Waals surface area contributed by atoms with Crippen LogP contribution >= 0.6 is 0 Å². The fourth-order valence-electron chi connectivity index (χ4n) is 1.60. The van der Waals surface area contributed by atoms with Gasteiger partial charge in [-0.25, -0.2) is 0 Å². The Balaban J connectivity index is 2.64. The van der Waals surface area contributed by atoms with Gasteiger partial charge in [0.15, 0.2) is 0 Å². The molecule has 2 atom stereocenters. The monoisotopic (exact) mass is 200 g/mol. The molecule has 0 heterocycles. The summed E-state index contributed by atoms with van der Waals surface area (Å²) in [5, 5.41) is 0. The second-order valence-electron chi connectivity index (χ2n) is 3.20. The number of hydrogen-bond donors (Lipinski definition) is 0. The predicted octanol–water partition coefficient (Wildman–Crippen LogP) is -0.0723. The van der Waals surface area contributed by atoms with Crippen LogP contribution in [0.1, 0.15) is 12.8 Å². The standard InChI is InChI=1S/C9H12O5/c1-13-8(11)5-3-6(7(10)4-5)9(12)14-2/h5-6H,3-4H2,1-2H3. The summed E-state index contributed by atoms with van der Waals surface area (Å²) >= 11 is 0. The third-order valence-corrected chi connectivity index (χ3v) is 2.38. The Hall–Kier alpha value is -1.39. The highest BCUT2D eigenvalue weighted by atomic mass is 16.5. The molecule has 1 saturated carbocycles. The van der Waals surface area contributed by atoms with E-state index in [0.29, 0.717) is 0 Å². The Morgan fingerprint density at radius 2 is 1.79 bits per heavy atom. The lowest BCUT2D eigenvalue weighted by molar-refractivity contribution is -0.148. The molecular weight excluding hydrogens is 188 g/mol. The Kier molecular flexibility index (Phi) is 3.22. The molecule has 0 aromatic heterocycles. The van der Waals surface area contributed by atoms with E-state index in [9.17, 15) is 14.4 Å². The fourth-order valence-corrected chi connectivity index (χ4v) is 1.60. The summed E-state index contributed by atoms with van der Waals surface area (Å²) in [6.45, 7) is 0. The Morgan fingerprint density at radius 3 is 2.29 bits per heavy atom. The molecule has 0 radical (unpaired) electrons. The summed E-state index contributed by atoms with van der Waals surface area (Å²) in [7, 11) is 2.49. The lowest BCUT2D eigenvalue weighted by Gasteiger charge is -2.06. The Labute approximate surface area is 81.4 Å². The smallest absolute Gasteiger partial charge is 0.316 e. The number of hydrogen-bond acceptors (Lipinski definition) is 5. The van der Waals surface area contributed by atoms with Crippen molar-refractivity contribution in [3.05, 3.63) is 0 Å². The summed E-state index contributed by atoms with van der Waals surface area (Å²) in [5.74, 6) is -2.53. The van der Waals surface area contributed by atoms with Crippen molar-refractivity contribution in [2.24, 2.45) is 11.8 Å². The summed E-state index contributed by atoms with van der Waals surface area (Å²) < 4.78 is 8.96. The minimum Gasteiger partial charge on any atom is -0.469 e. The van der Waals surface area contributed by atoms with Gasteiger partial charge in [0.25, 0.3) is 0 Å². The van der Waals surface area contributed by atoms with Crippen LogP contribution in [0.5, 0.6) is 0 Å². The zero-order valence-corrected chi connectivity index (χ0v) is 8.11. The van der Waals surface area contributed by atoms with Gasteiger partial charge in [-0.15, -0.1) is 0 Å². The van der Waals surface area contributed by atoms with Gasteiger partial charge < -0.3 is 9.47 Å². The number of rotatable bonds is 2. The Morgan fingerprint density at radius 1 is 1.21 bits per heavy atom. The molecule has 0 saturated heterocycles. The fraction of sp³-hybridized carbons (Fsp3) is 0.667. The van der Waals surface area contributed by atoms with E-state index in [-0.39, 0.29) is 18.6 Å². The number of carbonyl (C=O) groups excluding carboxylic acids is 3. The van der Waals surface area contributed by atoms with E-state index in [2.05, 4.69) is 9.47 Å². The third kappa shape index (κ3) is 1.92. The Bertz CT molecular complexity index is 270. The number of esters is 2. The van der Waals surface area contributed by atoms with E-state index in [0.717, 1.165) is 0 Å². The number of carbonyl (C=O) groups is 3. The molecule has 1 aliphatic rings. The first-order chi connectivity index (χ1) is 6.60. The van der Waals surface area contributed by atoms with Crippen molar-refractivity contribution in [2.75, 3.05) is 14.2 Å². The van der Waals surface area contributed by atoms with Crippen molar-refractivity contribution in [3.63, 3.8) is 0 Å². The summed E-state index contributed by atoms with van der Waals surface area (Å²) in [6.07, 6.45) is 0.282. The predicted molar refractivity (Wildman–Crippen MR) is 45.3 cm³/mol. The van der Waals surface area contributed by atoms with Crippen LogP contribution in [0.2, 0.25) is 0 Å². The van der Waals surface area contributed by atoms with Gasteiger partial charge in [-0.2, -0.15) is 0 Å². The topological polar surface area (TPSA) is 69.7 Å². The molecule has 5 heteroatoms. The highest BCUT2D eigenvalue weighted by molar-refractivity contribution is 6.02. The van der Waals surface area contributed by atoms with Gasteiger partial charge >= 0.3 is 11.9 Å². The first kappa shape index (κ1) is 10.7. The molecule has 0 spiro atoms. The minimum atomic E-state index is -0.788. The molecule has 0 aliphatic heterocycles. The molecule has 0 bridgehead atoms. The van der Waals surface area contributed by atoms with Crippen molar-refractivity contribution in [1.82, 2.24) is 0 Å². The molecule has 1 aliphatic carbocycles. The van der Waals surface area contributed by atoms with E-state index in [1.807, 2.05) is 0 Å². The van der Waals surface area contributed by atoms with Crippen LogP contribution < -0.4 is 0 Å². The van der Waals surface area contributed by atoms with Crippen LogP contribution in [0.3, 0.4) is 0 Å². The van der Waals surface area contributed by atoms with Crippen molar-refractivity contribution >= 4 is 17.7 Å². The van der Waals surface area contributed by atoms with Gasteiger partial charge in [-0.3, -0.25) is 14.4 Å². The molecule has 1 rings (SSSR count). The minimum absolute atomic E-state index is 0.0758. The summed E-state index contributed by atoms with van der Waals surface area (Å²) in [4.78, 5) is 33.5. The molecule has 0 aromatic carbocycles. The highest BCUT2D eigenvalue weighted by Gasteiger charge is 2.41. The molecule has 14 heavy (non-hydrogen) atoms. The number of ether oxygens (including phenoxy) is 2. The van der Waals surface area contributed by atoms with Crippen LogP contribution in [-0.4, -0.2) is 31.9 Å². The normalized spacial score (nSPS) is 26.0. The largest absolute Gasteiger partial charge is 0.469 e. The summed E-state index contributed by atoms with van der Waals surface area (Å²) in [6, 6.07) is 0. The maximum Gasteiger partial charge on any atom is 0.316 e. The maximum atomic E-state index is 11.3. The van der Waals surface area contributed by atoms with E-state index in [1.54, 1.807) is 0 Å². The van der Waals surface area contributed by atoms with Crippen molar-refractivity contribution in [2.45, 2.75) is 12.8 Å². The lowest BCUT2D eigenvalue weighted by atomic mass is 10.1. The number of ketones is 1. The second kappa shape index (κ2) is 4.21. The van der Waals surface area contributed by atoms with E-state index >= 15 is 0 Å². The van der Waals surface area contributed by atoms with E-state index in [4.69, 9.17) is 0 Å². The molecule has 0 amide bonds. The molecule has 78 valence electrons. The first-order valence-corrected chi connectivity index (χ1v) is 4.28. The van der Waals surface area contributed by atoms with Gasteiger partial charge in [0.2, 0.25) is 0 Å². The maximum absolute atomic E-state index is 11.3. The SMILES string of the molecule is COC(=O)C1CC(=O)C(C(=O)OC)C1. The number of Topliss-reactive ketones (excluding diaryl/α,β-unsaturated/α-hetero) is 1. The van der Waals surface area contributed by atoms with Crippen LogP contribution in [0.4, 0.5) is 0 Å². The second-order valence-corrected chi connectivity index (χ2v) is 3.20. The van der Waals surface area contributed by atoms with Crippen molar-refractivity contribution < 1.29 is 23.9 Å². The van der Waals surface area contributed by atoms with Gasteiger partial charge in [0.1, 0.15) is 11.7 Å². The van der Waals surface area contributed by atoms with Crippen LogP contribution in [0.15, 0.2) is 0 Å². The van der Waals surface area contributed by atoms with Crippen molar-refractivity contribution in [1.29, 1.82) is 0 Å². The van der Waals surface area contributed by atoms with Gasteiger partial charge in [0, 0.05) is 6.42 Å². The van der Waals surface area contributed by atoms with Crippen LogP contribution in [0, 0.1) is 11.8 Å². The first-order valence-electron chi connectivity index (χ1n) is 4.28. The van der Waals surface area contributed by atoms with Crippen LogP contribution in [0.25, 0.3) is 0 Å². The molecule has 0 N–H and O–H groups in total. The molecule has 1 fully saturated rings. The zero-order valence-electron chi connectivity index (χ0n) is 8.11. The van der Waals surface area contributed by atoms with Gasteiger partial charge in [0.05, 0.1) is 20.1 Å². The highest BCUT2D eigenvalue weighted by Crippen LogP contribution is 2.29. The van der Waals surface area contributed by atoms with Crippen molar-refractivity contribution in [3.8, 4) is 0 Å². The zero-order chi connectivity index (χ0) is 10.7. The lowest BCUT2D eigenvalue weighted by Crippen LogP contribution is -2.20. The average Bonchev–Trinajstić information content (AvgIpc) is 2.58. The molecule has 2 unspecified atom stereocenters. The van der Waals surface area contributed by atoms with E-state index < -0.39 is 23.8 Å². The van der Waals surface area contributed by atoms with Gasteiger partial charge in [-0.05, 0) is 6.42 Å². The average molecular weight is 200 g/mol. The molecule has 0 aromatic rings. The quantitative estimate of drug-likeness (QED) is 0.461.